The lowest BCUT2D eigenvalue weighted by Gasteiger charge is -2.35. The summed E-state index contributed by atoms with van der Waals surface area (Å²) in [5.41, 5.74) is 0. The first kappa shape index (κ1) is 14.6. The van der Waals surface area contributed by atoms with Gasteiger partial charge >= 0.3 is 0 Å². The summed E-state index contributed by atoms with van der Waals surface area (Å²) in [7, 11) is 2.07. The van der Waals surface area contributed by atoms with Crippen LogP contribution in [0.25, 0.3) is 0 Å². The monoisotopic (exact) mass is 298 g/mol. The van der Waals surface area contributed by atoms with Gasteiger partial charge in [-0.3, -0.25) is 4.79 Å². The molecule has 4 fully saturated rings. The van der Waals surface area contributed by atoms with Crippen LogP contribution in [0.2, 0.25) is 0 Å². The normalized spacial score (nSPS) is 45.2. The first-order chi connectivity index (χ1) is 9.24. The molecule has 4 rings (SSSR count). The molecule has 2 aliphatic carbocycles. The smallest absolute Gasteiger partial charge is 0.226 e. The Morgan fingerprint density at radius 3 is 2.10 bits per heavy atom. The zero-order valence-electron chi connectivity index (χ0n) is 12.4. The van der Waals surface area contributed by atoms with Crippen LogP contribution in [0.5, 0.6) is 0 Å². The van der Waals surface area contributed by atoms with E-state index in [0.717, 1.165) is 11.8 Å². The fraction of sp³-hybridized carbons (Fsp3) is 0.938. The molecule has 1 N–H and O–H groups in total. The van der Waals surface area contributed by atoms with Crippen LogP contribution in [0.4, 0.5) is 0 Å². The van der Waals surface area contributed by atoms with E-state index in [2.05, 4.69) is 17.3 Å². The molecule has 4 aliphatic rings. The summed E-state index contributed by atoms with van der Waals surface area (Å²) in [6.45, 7) is 0. The number of nitrogens with one attached hydrogen (secondary N) is 1. The van der Waals surface area contributed by atoms with Gasteiger partial charge in [0.15, 0.2) is 0 Å². The Kier molecular flexibility index (Phi) is 4.02. The molecule has 2 saturated heterocycles. The van der Waals surface area contributed by atoms with Crippen molar-refractivity contribution in [1.82, 2.24) is 10.2 Å². The van der Waals surface area contributed by atoms with E-state index < -0.39 is 0 Å². The van der Waals surface area contributed by atoms with Gasteiger partial charge in [0.05, 0.1) is 0 Å². The molecule has 4 atom stereocenters. The fourth-order valence-electron chi connectivity index (χ4n) is 5.12. The molecule has 3 nitrogen and oxygen atoms in total. The van der Waals surface area contributed by atoms with Crippen LogP contribution in [0, 0.1) is 17.8 Å². The van der Waals surface area contributed by atoms with E-state index in [-0.39, 0.29) is 12.4 Å². The molecule has 0 radical (unpaired) electrons. The van der Waals surface area contributed by atoms with Gasteiger partial charge in [-0.15, -0.1) is 12.4 Å². The highest BCUT2D eigenvalue weighted by atomic mass is 35.5. The van der Waals surface area contributed by atoms with Crippen molar-refractivity contribution < 1.29 is 4.79 Å². The minimum Gasteiger partial charge on any atom is -0.342 e. The van der Waals surface area contributed by atoms with Gasteiger partial charge < -0.3 is 10.2 Å². The number of piperidine rings is 1. The van der Waals surface area contributed by atoms with Crippen molar-refractivity contribution in [3.8, 4) is 0 Å². The number of nitrogens with zero attached hydrogens (tertiary/aromatic N) is 1. The van der Waals surface area contributed by atoms with Gasteiger partial charge in [0.25, 0.3) is 0 Å². The molecule has 2 bridgehead atoms. The number of carbonyl (C=O) groups is 1. The van der Waals surface area contributed by atoms with Gasteiger partial charge in [0, 0.05) is 31.1 Å². The lowest BCUT2D eigenvalue weighted by atomic mass is 9.98. The van der Waals surface area contributed by atoms with Crippen LogP contribution in [-0.4, -0.2) is 36.0 Å². The van der Waals surface area contributed by atoms with Crippen LogP contribution >= 0.6 is 12.4 Å². The molecule has 4 heteroatoms. The molecule has 1 amide bonds. The maximum Gasteiger partial charge on any atom is 0.226 e. The van der Waals surface area contributed by atoms with E-state index in [0.29, 0.717) is 30.0 Å². The van der Waals surface area contributed by atoms with Crippen molar-refractivity contribution in [2.45, 2.75) is 69.5 Å². The number of hydrogen-bond donors (Lipinski definition) is 1. The Morgan fingerprint density at radius 2 is 1.55 bits per heavy atom. The topological polar surface area (TPSA) is 32.3 Å². The minimum absolute atomic E-state index is 0. The van der Waals surface area contributed by atoms with Gasteiger partial charge in [0.1, 0.15) is 0 Å². The third kappa shape index (κ3) is 2.37. The quantitative estimate of drug-likeness (QED) is 0.850. The average Bonchev–Trinajstić information content (AvgIpc) is 3.08. The first-order valence-electron chi connectivity index (χ1n) is 8.27. The summed E-state index contributed by atoms with van der Waals surface area (Å²) in [5, 5.41) is 3.67. The summed E-state index contributed by atoms with van der Waals surface area (Å²) in [6, 6.07) is 1.87. The van der Waals surface area contributed by atoms with Crippen LogP contribution in [0.15, 0.2) is 0 Å². The number of carbonyl (C=O) groups excluding carboxylic acids is 1. The predicted octanol–water partition coefficient (Wildman–Crippen LogP) is 2.59. The highest BCUT2D eigenvalue weighted by Gasteiger charge is 2.56. The van der Waals surface area contributed by atoms with Crippen molar-refractivity contribution in [3.05, 3.63) is 0 Å². The molecule has 2 heterocycles. The van der Waals surface area contributed by atoms with Crippen LogP contribution in [0.1, 0.15) is 51.4 Å². The second-order valence-corrected chi connectivity index (χ2v) is 7.35. The van der Waals surface area contributed by atoms with Gasteiger partial charge in [-0.25, -0.2) is 0 Å². The summed E-state index contributed by atoms with van der Waals surface area (Å²) in [5.74, 6) is 2.38. The summed E-state index contributed by atoms with van der Waals surface area (Å²) >= 11 is 0. The minimum atomic E-state index is 0. The largest absolute Gasteiger partial charge is 0.342 e. The molecule has 114 valence electrons. The van der Waals surface area contributed by atoms with Crippen molar-refractivity contribution in [1.29, 1.82) is 0 Å². The van der Waals surface area contributed by atoms with E-state index in [1.807, 2.05) is 0 Å². The average molecular weight is 299 g/mol. The number of hydrogen-bond acceptors (Lipinski definition) is 2. The van der Waals surface area contributed by atoms with Gasteiger partial charge in [-0.1, -0.05) is 12.8 Å². The first-order valence-corrected chi connectivity index (χ1v) is 8.27. The summed E-state index contributed by atoms with van der Waals surface area (Å²) < 4.78 is 0. The van der Waals surface area contributed by atoms with Crippen molar-refractivity contribution in [3.63, 3.8) is 0 Å². The molecule has 0 aromatic rings. The van der Waals surface area contributed by atoms with E-state index in [1.54, 1.807) is 0 Å². The SMILES string of the molecule is CN(C(=O)C1C2CCCCC21)C1CC2CCC(C1)N2.Cl. The molecule has 2 saturated carbocycles. The zero-order valence-corrected chi connectivity index (χ0v) is 13.2. The molecular formula is C16H27ClN2O. The highest BCUT2D eigenvalue weighted by molar-refractivity contribution is 5.85. The van der Waals surface area contributed by atoms with Gasteiger partial charge in [-0.05, 0) is 50.4 Å². The van der Waals surface area contributed by atoms with Crippen LogP contribution in [-0.2, 0) is 4.79 Å². The number of fused-ring (bicyclic) bond motifs is 3. The maximum absolute atomic E-state index is 12.7. The van der Waals surface area contributed by atoms with Crippen LogP contribution in [0.3, 0.4) is 0 Å². The van der Waals surface area contributed by atoms with Crippen molar-refractivity contribution in [2.24, 2.45) is 17.8 Å². The highest BCUT2D eigenvalue weighted by Crippen LogP contribution is 2.56. The molecule has 0 spiro atoms. The molecule has 0 aromatic carbocycles. The van der Waals surface area contributed by atoms with E-state index in [9.17, 15) is 4.79 Å². The standard InChI is InChI=1S/C16H26N2O.ClH/c1-18(12-8-10-6-7-11(9-12)17-10)16(19)15-13-4-2-3-5-14(13)15;/h10-15,17H,2-9H2,1H3;1H. The third-order valence-corrected chi connectivity index (χ3v) is 6.29. The molecular weight excluding hydrogens is 272 g/mol. The van der Waals surface area contributed by atoms with E-state index in [1.165, 1.54) is 51.4 Å². The van der Waals surface area contributed by atoms with Crippen molar-refractivity contribution in [2.75, 3.05) is 7.05 Å². The van der Waals surface area contributed by atoms with Crippen molar-refractivity contribution >= 4 is 18.3 Å². The molecule has 0 aromatic heterocycles. The Morgan fingerprint density at radius 1 is 1.00 bits per heavy atom. The molecule has 20 heavy (non-hydrogen) atoms. The van der Waals surface area contributed by atoms with E-state index in [4.69, 9.17) is 0 Å². The lowest BCUT2D eigenvalue weighted by molar-refractivity contribution is -0.134. The fourth-order valence-corrected chi connectivity index (χ4v) is 5.12. The Balaban J connectivity index is 0.00000121. The maximum atomic E-state index is 12.7. The number of rotatable bonds is 2. The summed E-state index contributed by atoms with van der Waals surface area (Å²) in [4.78, 5) is 14.8. The number of amides is 1. The second-order valence-electron chi connectivity index (χ2n) is 7.35. The van der Waals surface area contributed by atoms with Gasteiger partial charge in [-0.2, -0.15) is 0 Å². The van der Waals surface area contributed by atoms with Gasteiger partial charge in [0.2, 0.25) is 5.91 Å². The zero-order chi connectivity index (χ0) is 13.0. The predicted molar refractivity (Wildman–Crippen MR) is 81.9 cm³/mol. The second kappa shape index (κ2) is 5.49. The third-order valence-electron chi connectivity index (χ3n) is 6.29. The number of halogens is 1. The molecule has 2 aliphatic heterocycles. The van der Waals surface area contributed by atoms with E-state index >= 15 is 0 Å². The summed E-state index contributed by atoms with van der Waals surface area (Å²) in [6.07, 6.45) is 10.3. The van der Waals surface area contributed by atoms with Crippen LogP contribution < -0.4 is 5.32 Å². The Hall–Kier alpha value is -0.280. The lowest BCUT2D eigenvalue weighted by Crippen LogP contribution is -2.49. The Bertz CT molecular complexity index is 365. The molecule has 4 unspecified atom stereocenters. The Labute approximate surface area is 128 Å².